The Bertz CT molecular complexity index is 869. The zero-order chi connectivity index (χ0) is 34.2. The molecule has 0 fully saturated rings. The summed E-state index contributed by atoms with van der Waals surface area (Å²) >= 11 is -2.33. The van der Waals surface area contributed by atoms with Gasteiger partial charge in [-0.1, -0.05) is 181 Å². The van der Waals surface area contributed by atoms with E-state index in [9.17, 15) is 18.4 Å². The highest BCUT2D eigenvalue weighted by molar-refractivity contribution is 7.79. The maximum atomic E-state index is 12.7. The molecule has 272 valence electrons. The molecule has 1 unspecified atom stereocenters. The highest BCUT2D eigenvalue weighted by Crippen LogP contribution is 2.18. The predicted octanol–water partition coefficient (Wildman–Crippen LogP) is 12.5. The number of carbonyl (C=O) groups is 2. The third-order valence-corrected chi connectivity index (χ3v) is 9.68. The van der Waals surface area contributed by atoms with Gasteiger partial charge in [0.25, 0.3) is 0 Å². The summed E-state index contributed by atoms with van der Waals surface area (Å²) in [5.74, 6) is -1.18. The molecular weight excluding hydrogens is 609 g/mol. The van der Waals surface area contributed by atoms with Crippen LogP contribution in [0.3, 0.4) is 0 Å². The van der Waals surface area contributed by atoms with E-state index in [1.54, 1.807) is 0 Å². The third-order valence-electron chi connectivity index (χ3n) is 9.04. The van der Waals surface area contributed by atoms with Crippen LogP contribution in [0.1, 0.15) is 214 Å². The minimum atomic E-state index is -2.33. The van der Waals surface area contributed by atoms with Crippen molar-refractivity contribution in [2.75, 3.05) is 13.2 Å². The highest BCUT2D eigenvalue weighted by Gasteiger charge is 2.17. The van der Waals surface area contributed by atoms with E-state index in [1.165, 1.54) is 159 Å². The first kappa shape index (κ1) is 43.3. The molecule has 0 amide bonds. The van der Waals surface area contributed by atoms with Crippen molar-refractivity contribution in [1.29, 1.82) is 0 Å². The molecule has 1 rings (SSSR count). The maximum Gasteiger partial charge on any atom is 0.338 e. The lowest BCUT2D eigenvalue weighted by Crippen LogP contribution is -2.12. The number of hydrogen-bond acceptors (Lipinski definition) is 5. The van der Waals surface area contributed by atoms with Crippen LogP contribution in [0.25, 0.3) is 0 Å². The fraction of sp³-hybridized carbons (Fsp3) is 0.800. The van der Waals surface area contributed by atoms with Gasteiger partial charge in [0.15, 0.2) is 11.1 Å². The number of rotatable bonds is 33. The fourth-order valence-electron chi connectivity index (χ4n) is 6.03. The number of esters is 2. The van der Waals surface area contributed by atoms with E-state index < -0.39 is 23.0 Å². The van der Waals surface area contributed by atoms with Crippen molar-refractivity contribution in [3.8, 4) is 0 Å². The molecule has 0 aliphatic carbocycles. The molecule has 1 aromatic rings. The summed E-state index contributed by atoms with van der Waals surface area (Å²) in [6.07, 6.45) is 35.1. The summed E-state index contributed by atoms with van der Waals surface area (Å²) in [5, 5.41) is 0. The van der Waals surface area contributed by atoms with E-state index >= 15 is 0 Å². The third kappa shape index (κ3) is 25.0. The van der Waals surface area contributed by atoms with Gasteiger partial charge in [-0.2, -0.15) is 0 Å². The predicted molar refractivity (Wildman–Crippen MR) is 197 cm³/mol. The minimum absolute atomic E-state index is 0.0145. The van der Waals surface area contributed by atoms with Gasteiger partial charge in [0.1, 0.15) is 0 Å². The van der Waals surface area contributed by atoms with Crippen LogP contribution in [0.15, 0.2) is 23.1 Å². The molecule has 0 bridgehead atoms. The Kier molecular flexibility index (Phi) is 29.0. The van der Waals surface area contributed by atoms with E-state index in [2.05, 4.69) is 13.8 Å². The Labute approximate surface area is 291 Å². The number of unbranched alkanes of at least 4 members (excludes halogenated alkanes) is 26. The van der Waals surface area contributed by atoms with Crippen LogP contribution in [0, 0.1) is 0 Å². The van der Waals surface area contributed by atoms with E-state index in [4.69, 9.17) is 9.47 Å². The first-order chi connectivity index (χ1) is 23.0. The van der Waals surface area contributed by atoms with Crippen molar-refractivity contribution < 1.29 is 27.8 Å². The molecule has 0 heterocycles. The summed E-state index contributed by atoms with van der Waals surface area (Å²) < 4.78 is 32.3. The molecule has 7 heteroatoms. The van der Waals surface area contributed by atoms with Crippen molar-refractivity contribution in [1.82, 2.24) is 0 Å². The van der Waals surface area contributed by atoms with Crippen LogP contribution in [0.5, 0.6) is 0 Å². The Balaban J connectivity index is 2.18. The van der Waals surface area contributed by atoms with Crippen LogP contribution < -0.4 is 0 Å². The van der Waals surface area contributed by atoms with Gasteiger partial charge in [-0.25, -0.2) is 13.8 Å². The first-order valence-corrected chi connectivity index (χ1v) is 20.7. The molecule has 0 aromatic heterocycles. The lowest BCUT2D eigenvalue weighted by atomic mass is 10.0. The molecule has 1 N–H and O–H groups in total. The maximum absolute atomic E-state index is 12.7. The van der Waals surface area contributed by atoms with Crippen LogP contribution in [-0.2, 0) is 20.6 Å². The first-order valence-electron chi connectivity index (χ1n) is 19.6. The summed E-state index contributed by atoms with van der Waals surface area (Å²) in [6, 6.07) is 4.03. The average molecular weight is 679 g/mol. The Morgan fingerprint density at radius 1 is 0.468 bits per heavy atom. The standard InChI is InChI=1S/C40H70O6S/c1-3-5-7-9-11-13-15-17-19-21-23-25-27-29-31-45-39(41)36-33-37(35-38(34-36)47(43)44)40(42)46-32-30-28-26-24-22-20-18-16-14-12-10-8-6-4-2/h33-35H,3-32H2,1-2H3,(H,43,44). The zero-order valence-electron chi connectivity index (χ0n) is 30.3. The molecule has 0 aliphatic rings. The molecule has 0 saturated carbocycles. The molecule has 1 atom stereocenters. The summed E-state index contributed by atoms with van der Waals surface area (Å²) in [6.45, 7) is 5.10. The largest absolute Gasteiger partial charge is 0.462 e. The van der Waals surface area contributed by atoms with Gasteiger partial charge in [-0.05, 0) is 31.0 Å². The highest BCUT2D eigenvalue weighted by atomic mass is 32.2. The second-order valence-electron chi connectivity index (χ2n) is 13.5. The molecule has 47 heavy (non-hydrogen) atoms. The normalized spacial score (nSPS) is 11.9. The lowest BCUT2D eigenvalue weighted by molar-refractivity contribution is 0.0495. The second kappa shape index (κ2) is 31.5. The van der Waals surface area contributed by atoms with Crippen molar-refractivity contribution in [3.05, 3.63) is 29.3 Å². The molecule has 6 nitrogen and oxygen atoms in total. The molecule has 0 saturated heterocycles. The fourth-order valence-corrected chi connectivity index (χ4v) is 6.48. The monoisotopic (exact) mass is 678 g/mol. The van der Waals surface area contributed by atoms with E-state index in [1.807, 2.05) is 0 Å². The summed E-state index contributed by atoms with van der Waals surface area (Å²) in [4.78, 5) is 25.3. The van der Waals surface area contributed by atoms with Crippen LogP contribution in [-0.4, -0.2) is 33.9 Å². The van der Waals surface area contributed by atoms with Gasteiger partial charge in [-0.3, -0.25) is 0 Å². The molecule has 0 aliphatic heterocycles. The number of hydrogen-bond donors (Lipinski definition) is 1. The molecule has 0 spiro atoms. The zero-order valence-corrected chi connectivity index (χ0v) is 31.2. The van der Waals surface area contributed by atoms with Crippen LogP contribution >= 0.6 is 0 Å². The minimum Gasteiger partial charge on any atom is -0.462 e. The van der Waals surface area contributed by atoms with Crippen molar-refractivity contribution in [2.24, 2.45) is 0 Å². The molecule has 0 radical (unpaired) electrons. The van der Waals surface area contributed by atoms with Crippen molar-refractivity contribution in [2.45, 2.75) is 199 Å². The topological polar surface area (TPSA) is 89.9 Å². The average Bonchev–Trinajstić information content (AvgIpc) is 3.07. The lowest BCUT2D eigenvalue weighted by Gasteiger charge is -2.09. The second-order valence-corrected chi connectivity index (χ2v) is 14.4. The number of carbonyl (C=O) groups excluding carboxylic acids is 2. The van der Waals surface area contributed by atoms with Crippen molar-refractivity contribution in [3.63, 3.8) is 0 Å². The van der Waals surface area contributed by atoms with Gasteiger partial charge < -0.3 is 14.0 Å². The van der Waals surface area contributed by atoms with Gasteiger partial charge >= 0.3 is 11.9 Å². The van der Waals surface area contributed by atoms with Gasteiger partial charge in [-0.15, -0.1) is 0 Å². The summed E-state index contributed by atoms with van der Waals surface area (Å²) in [5.41, 5.74) is 0.192. The molecular formula is C40H70O6S. The van der Waals surface area contributed by atoms with Crippen molar-refractivity contribution >= 4 is 23.0 Å². The van der Waals surface area contributed by atoms with Gasteiger partial charge in [0, 0.05) is 0 Å². The van der Waals surface area contributed by atoms with E-state index in [0.29, 0.717) is 13.2 Å². The summed E-state index contributed by atoms with van der Waals surface area (Å²) in [7, 11) is 0. The quantitative estimate of drug-likeness (QED) is 0.0452. The van der Waals surface area contributed by atoms with Crippen LogP contribution in [0.4, 0.5) is 0 Å². The van der Waals surface area contributed by atoms with E-state index in [-0.39, 0.29) is 16.0 Å². The van der Waals surface area contributed by atoms with Gasteiger partial charge in [0.05, 0.1) is 29.2 Å². The Morgan fingerprint density at radius 3 is 0.979 bits per heavy atom. The smallest absolute Gasteiger partial charge is 0.338 e. The SMILES string of the molecule is CCCCCCCCCCCCCCCCOC(=O)c1cc(C(=O)OCCCCCCCCCCCCCCCC)cc(S(=O)O)c1. The van der Waals surface area contributed by atoms with E-state index in [0.717, 1.165) is 38.5 Å². The Morgan fingerprint density at radius 2 is 0.723 bits per heavy atom. The number of benzene rings is 1. The molecule has 1 aromatic carbocycles. The number of ether oxygens (including phenoxy) is 2. The van der Waals surface area contributed by atoms with Crippen LogP contribution in [0.2, 0.25) is 0 Å². The Hall–Kier alpha value is -1.73. The van der Waals surface area contributed by atoms with Gasteiger partial charge in [0.2, 0.25) is 0 Å².